The van der Waals surface area contributed by atoms with Crippen LogP contribution in [0.2, 0.25) is 0 Å². The molecular formula is C14H11F2NO3S. The van der Waals surface area contributed by atoms with Gasteiger partial charge in [-0.3, -0.25) is 0 Å². The number of halogens is 2. The lowest BCUT2D eigenvalue weighted by Crippen LogP contribution is -2.01. The summed E-state index contributed by atoms with van der Waals surface area (Å²) in [6.07, 6.45) is 1.90. The van der Waals surface area contributed by atoms with Gasteiger partial charge in [-0.25, -0.2) is 18.6 Å². The number of carbonyl (C=O) groups is 1. The van der Waals surface area contributed by atoms with Crippen molar-refractivity contribution in [3.8, 4) is 5.75 Å². The number of ether oxygens (including phenoxy) is 1. The highest BCUT2D eigenvalue weighted by atomic mass is 32.1. The third kappa shape index (κ3) is 4.09. The van der Waals surface area contributed by atoms with E-state index < -0.39 is 23.4 Å². The van der Waals surface area contributed by atoms with Crippen molar-refractivity contribution in [1.29, 1.82) is 0 Å². The van der Waals surface area contributed by atoms with Crippen LogP contribution in [0.25, 0.3) is 6.08 Å². The summed E-state index contributed by atoms with van der Waals surface area (Å²) >= 11 is 1.42. The standard InChI is InChI=1S/C14H11F2NO3S/c1-8-17-10(7-21-8)6-20-14-11(15)4-9(5-12(14)16)2-3-13(18)19/h2-5,7H,6H2,1H3,(H,18,19). The third-order valence-corrected chi connectivity index (χ3v) is 3.29. The molecule has 7 heteroatoms. The molecule has 0 saturated carbocycles. The summed E-state index contributed by atoms with van der Waals surface area (Å²) in [6, 6.07) is 2.01. The minimum atomic E-state index is -1.20. The first-order valence-corrected chi connectivity index (χ1v) is 6.77. The van der Waals surface area contributed by atoms with Gasteiger partial charge in [0.15, 0.2) is 17.4 Å². The lowest BCUT2D eigenvalue weighted by molar-refractivity contribution is -0.131. The largest absolute Gasteiger partial charge is 0.481 e. The first-order chi connectivity index (χ1) is 9.95. The van der Waals surface area contributed by atoms with Gasteiger partial charge in [0, 0.05) is 11.5 Å². The van der Waals surface area contributed by atoms with Crippen LogP contribution in [0.3, 0.4) is 0 Å². The molecule has 0 radical (unpaired) electrons. The summed E-state index contributed by atoms with van der Waals surface area (Å²) in [5.74, 6) is -3.50. The smallest absolute Gasteiger partial charge is 0.328 e. The Morgan fingerprint density at radius 3 is 2.62 bits per heavy atom. The molecule has 1 N–H and O–H groups in total. The van der Waals surface area contributed by atoms with Crippen molar-refractivity contribution >= 4 is 23.4 Å². The molecule has 110 valence electrons. The zero-order chi connectivity index (χ0) is 15.4. The van der Waals surface area contributed by atoms with Crippen molar-refractivity contribution in [2.45, 2.75) is 13.5 Å². The fourth-order valence-electron chi connectivity index (χ4n) is 1.60. The van der Waals surface area contributed by atoms with Crippen molar-refractivity contribution in [3.63, 3.8) is 0 Å². The predicted octanol–water partition coefficient (Wildman–Crippen LogP) is 3.41. The second-order valence-electron chi connectivity index (χ2n) is 4.13. The number of thiazole rings is 1. The summed E-state index contributed by atoms with van der Waals surface area (Å²) in [7, 11) is 0. The maximum atomic E-state index is 13.8. The quantitative estimate of drug-likeness (QED) is 0.860. The van der Waals surface area contributed by atoms with Crippen molar-refractivity contribution < 1.29 is 23.4 Å². The molecule has 2 aromatic rings. The van der Waals surface area contributed by atoms with Gasteiger partial charge in [0.2, 0.25) is 0 Å². The Morgan fingerprint density at radius 1 is 1.43 bits per heavy atom. The minimum absolute atomic E-state index is 0.0392. The average molecular weight is 311 g/mol. The summed E-state index contributed by atoms with van der Waals surface area (Å²) in [5.41, 5.74) is 0.690. The number of hydrogen-bond acceptors (Lipinski definition) is 4. The number of aryl methyl sites for hydroxylation is 1. The number of carboxylic acid groups (broad SMARTS) is 1. The molecule has 0 amide bonds. The Bertz CT molecular complexity index is 674. The summed E-state index contributed by atoms with van der Waals surface area (Å²) in [6.45, 7) is 1.78. The van der Waals surface area contributed by atoms with Gasteiger partial charge in [-0.15, -0.1) is 11.3 Å². The predicted molar refractivity (Wildman–Crippen MR) is 74.2 cm³/mol. The maximum Gasteiger partial charge on any atom is 0.328 e. The van der Waals surface area contributed by atoms with E-state index in [0.29, 0.717) is 5.69 Å². The Kier molecular flexibility index (Phi) is 4.64. The Balaban J connectivity index is 2.15. The topological polar surface area (TPSA) is 59.4 Å². The van der Waals surface area contributed by atoms with Gasteiger partial charge in [0.25, 0.3) is 0 Å². The number of benzene rings is 1. The van der Waals surface area contributed by atoms with Gasteiger partial charge < -0.3 is 9.84 Å². The molecule has 0 saturated heterocycles. The van der Waals surface area contributed by atoms with E-state index in [1.54, 1.807) is 5.38 Å². The zero-order valence-corrected chi connectivity index (χ0v) is 11.8. The molecule has 1 aromatic carbocycles. The zero-order valence-electron chi connectivity index (χ0n) is 11.0. The van der Waals surface area contributed by atoms with Crippen LogP contribution in [0.15, 0.2) is 23.6 Å². The SMILES string of the molecule is Cc1nc(COc2c(F)cc(C=CC(=O)O)cc2F)cs1. The first-order valence-electron chi connectivity index (χ1n) is 5.89. The fourth-order valence-corrected chi connectivity index (χ4v) is 2.20. The van der Waals surface area contributed by atoms with E-state index in [4.69, 9.17) is 9.84 Å². The Labute approximate surface area is 123 Å². The van der Waals surface area contributed by atoms with E-state index in [9.17, 15) is 13.6 Å². The van der Waals surface area contributed by atoms with Crippen LogP contribution in [-0.2, 0) is 11.4 Å². The summed E-state index contributed by atoms with van der Waals surface area (Å²) in [5, 5.41) is 11.1. The number of aromatic nitrogens is 1. The van der Waals surface area contributed by atoms with Crippen molar-refractivity contribution in [1.82, 2.24) is 4.98 Å². The van der Waals surface area contributed by atoms with Gasteiger partial charge in [0.05, 0.1) is 10.7 Å². The minimum Gasteiger partial charge on any atom is -0.481 e. The van der Waals surface area contributed by atoms with Crippen molar-refractivity contribution in [2.75, 3.05) is 0 Å². The summed E-state index contributed by atoms with van der Waals surface area (Å²) in [4.78, 5) is 14.5. The van der Waals surface area contributed by atoms with Gasteiger partial charge in [-0.05, 0) is 30.7 Å². The molecule has 1 aromatic heterocycles. The first kappa shape index (κ1) is 15.1. The highest BCUT2D eigenvalue weighted by Crippen LogP contribution is 2.25. The summed E-state index contributed by atoms with van der Waals surface area (Å²) < 4.78 is 32.7. The monoisotopic (exact) mass is 311 g/mol. The highest BCUT2D eigenvalue weighted by Gasteiger charge is 2.13. The molecule has 21 heavy (non-hydrogen) atoms. The molecule has 0 atom stereocenters. The lowest BCUT2D eigenvalue weighted by Gasteiger charge is -2.07. The van der Waals surface area contributed by atoms with Crippen LogP contribution in [0.1, 0.15) is 16.3 Å². The number of rotatable bonds is 5. The average Bonchev–Trinajstić information content (AvgIpc) is 2.81. The van der Waals surface area contributed by atoms with E-state index in [0.717, 1.165) is 29.3 Å². The molecule has 0 aliphatic heterocycles. The van der Waals surface area contributed by atoms with Crippen LogP contribution in [0.5, 0.6) is 5.75 Å². The Morgan fingerprint density at radius 2 is 2.10 bits per heavy atom. The molecule has 0 aliphatic carbocycles. The fraction of sp³-hybridized carbons (Fsp3) is 0.143. The van der Waals surface area contributed by atoms with Gasteiger partial charge >= 0.3 is 5.97 Å². The van der Waals surface area contributed by atoms with Crippen LogP contribution in [-0.4, -0.2) is 16.1 Å². The van der Waals surface area contributed by atoms with E-state index in [1.807, 2.05) is 6.92 Å². The molecule has 0 bridgehead atoms. The normalized spacial score (nSPS) is 11.0. The second-order valence-corrected chi connectivity index (χ2v) is 5.19. The molecule has 0 spiro atoms. The Hall–Kier alpha value is -2.28. The molecule has 0 aliphatic rings. The van der Waals surface area contributed by atoms with Crippen LogP contribution in [0.4, 0.5) is 8.78 Å². The maximum absolute atomic E-state index is 13.8. The van der Waals surface area contributed by atoms with Gasteiger partial charge in [-0.2, -0.15) is 0 Å². The van der Waals surface area contributed by atoms with Crippen LogP contribution >= 0.6 is 11.3 Å². The number of hydrogen-bond donors (Lipinski definition) is 1. The van der Waals surface area contributed by atoms with E-state index >= 15 is 0 Å². The molecule has 2 rings (SSSR count). The highest BCUT2D eigenvalue weighted by molar-refractivity contribution is 7.09. The van der Waals surface area contributed by atoms with E-state index in [-0.39, 0.29) is 12.2 Å². The molecule has 0 unspecified atom stereocenters. The van der Waals surface area contributed by atoms with Gasteiger partial charge in [-0.1, -0.05) is 0 Å². The van der Waals surface area contributed by atoms with Crippen molar-refractivity contribution in [3.05, 3.63) is 51.5 Å². The number of nitrogens with zero attached hydrogens (tertiary/aromatic N) is 1. The third-order valence-electron chi connectivity index (χ3n) is 2.47. The van der Waals surface area contributed by atoms with E-state index in [1.165, 1.54) is 11.3 Å². The molecule has 4 nitrogen and oxygen atoms in total. The molecule has 0 fully saturated rings. The van der Waals surface area contributed by atoms with Crippen LogP contribution in [0, 0.1) is 18.6 Å². The van der Waals surface area contributed by atoms with Crippen LogP contribution < -0.4 is 4.74 Å². The molecule has 1 heterocycles. The van der Waals surface area contributed by atoms with Gasteiger partial charge in [0.1, 0.15) is 6.61 Å². The molecular weight excluding hydrogens is 300 g/mol. The van der Waals surface area contributed by atoms with Crippen molar-refractivity contribution in [2.24, 2.45) is 0 Å². The number of aliphatic carboxylic acids is 1. The lowest BCUT2D eigenvalue weighted by atomic mass is 10.2. The second kappa shape index (κ2) is 6.45. The number of carboxylic acids is 1. The van der Waals surface area contributed by atoms with E-state index in [2.05, 4.69) is 4.98 Å².